The number of hydrogen-bond acceptors (Lipinski definition) is 4. The van der Waals surface area contributed by atoms with Gasteiger partial charge >= 0.3 is 5.97 Å². The molecule has 0 bridgehead atoms. The lowest BCUT2D eigenvalue weighted by Gasteiger charge is -2.11. The maximum absolute atomic E-state index is 11.2. The van der Waals surface area contributed by atoms with Crippen LogP contribution in [0.25, 0.3) is 0 Å². The van der Waals surface area contributed by atoms with E-state index in [0.29, 0.717) is 6.61 Å². The lowest BCUT2D eigenvalue weighted by molar-refractivity contribution is -0.138. The van der Waals surface area contributed by atoms with E-state index in [1.807, 2.05) is 11.0 Å². The number of rotatable bonds is 3. The van der Waals surface area contributed by atoms with Gasteiger partial charge in [-0.25, -0.2) is 4.79 Å². The normalized spacial score (nSPS) is 16.6. The first-order valence-electron chi connectivity index (χ1n) is 4.81. The molecule has 0 N–H and O–H groups in total. The summed E-state index contributed by atoms with van der Waals surface area (Å²) in [5.41, 5.74) is 0.0914. The van der Waals surface area contributed by atoms with Crippen LogP contribution in [0.5, 0.6) is 0 Å². The Labute approximate surface area is 83.8 Å². The van der Waals surface area contributed by atoms with Crippen LogP contribution in [0.1, 0.15) is 19.8 Å². The van der Waals surface area contributed by atoms with Crippen molar-refractivity contribution in [2.45, 2.75) is 19.8 Å². The maximum Gasteiger partial charge on any atom is 0.350 e. The summed E-state index contributed by atoms with van der Waals surface area (Å²) in [6, 6.07) is 1.86. The van der Waals surface area contributed by atoms with E-state index in [0.717, 1.165) is 25.9 Å². The van der Waals surface area contributed by atoms with E-state index in [2.05, 4.69) is 0 Å². The monoisotopic (exact) mass is 194 g/mol. The summed E-state index contributed by atoms with van der Waals surface area (Å²) in [6.45, 7) is 3.87. The third kappa shape index (κ3) is 2.77. The molecule has 4 heteroatoms. The van der Waals surface area contributed by atoms with Crippen molar-refractivity contribution in [3.8, 4) is 6.07 Å². The molecular weight excluding hydrogens is 180 g/mol. The minimum Gasteiger partial charge on any atom is -0.462 e. The molecular formula is C10H14N2O2. The second-order valence-corrected chi connectivity index (χ2v) is 3.12. The number of carbonyl (C=O) groups is 1. The molecule has 4 nitrogen and oxygen atoms in total. The van der Waals surface area contributed by atoms with Crippen LogP contribution in [-0.4, -0.2) is 30.6 Å². The summed E-state index contributed by atoms with van der Waals surface area (Å²) in [7, 11) is 0. The van der Waals surface area contributed by atoms with E-state index in [9.17, 15) is 4.79 Å². The molecule has 1 saturated heterocycles. The van der Waals surface area contributed by atoms with E-state index in [4.69, 9.17) is 10.00 Å². The van der Waals surface area contributed by atoms with Gasteiger partial charge in [0, 0.05) is 19.3 Å². The van der Waals surface area contributed by atoms with Crippen LogP contribution in [0.2, 0.25) is 0 Å². The quantitative estimate of drug-likeness (QED) is 0.383. The van der Waals surface area contributed by atoms with Gasteiger partial charge in [-0.3, -0.25) is 0 Å². The van der Waals surface area contributed by atoms with E-state index in [1.165, 1.54) is 0 Å². The number of nitrogens with zero attached hydrogens (tertiary/aromatic N) is 2. The van der Waals surface area contributed by atoms with Crippen molar-refractivity contribution in [1.82, 2.24) is 4.90 Å². The fourth-order valence-corrected chi connectivity index (χ4v) is 1.39. The molecule has 0 aliphatic carbocycles. The lowest BCUT2D eigenvalue weighted by atomic mass is 10.3. The molecule has 1 rings (SSSR count). The van der Waals surface area contributed by atoms with Crippen molar-refractivity contribution in [3.05, 3.63) is 11.8 Å². The highest BCUT2D eigenvalue weighted by Crippen LogP contribution is 2.10. The van der Waals surface area contributed by atoms with Crippen molar-refractivity contribution in [2.24, 2.45) is 0 Å². The average molecular weight is 194 g/mol. The summed E-state index contributed by atoms with van der Waals surface area (Å²) < 4.78 is 4.75. The molecule has 14 heavy (non-hydrogen) atoms. The van der Waals surface area contributed by atoms with Crippen LogP contribution in [0.3, 0.4) is 0 Å². The second kappa shape index (κ2) is 5.28. The van der Waals surface area contributed by atoms with Gasteiger partial charge in [-0.1, -0.05) is 0 Å². The first-order chi connectivity index (χ1) is 6.77. The summed E-state index contributed by atoms with van der Waals surface area (Å²) in [5.74, 6) is -0.526. The highest BCUT2D eigenvalue weighted by atomic mass is 16.5. The number of likely N-dealkylation sites (tertiary alicyclic amines) is 1. The Hall–Kier alpha value is -1.50. The number of hydrogen-bond donors (Lipinski definition) is 0. The van der Waals surface area contributed by atoms with Gasteiger partial charge in [0.05, 0.1) is 6.61 Å². The van der Waals surface area contributed by atoms with Gasteiger partial charge in [0.25, 0.3) is 0 Å². The summed E-state index contributed by atoms with van der Waals surface area (Å²) in [4.78, 5) is 13.2. The first-order valence-corrected chi connectivity index (χ1v) is 4.81. The van der Waals surface area contributed by atoms with Crippen LogP contribution in [0.4, 0.5) is 0 Å². The van der Waals surface area contributed by atoms with Crippen LogP contribution in [0, 0.1) is 11.3 Å². The zero-order valence-corrected chi connectivity index (χ0v) is 8.32. The molecule has 1 aliphatic heterocycles. The van der Waals surface area contributed by atoms with E-state index < -0.39 is 5.97 Å². The van der Waals surface area contributed by atoms with E-state index in [1.54, 1.807) is 13.1 Å². The Morgan fingerprint density at radius 1 is 1.57 bits per heavy atom. The number of carbonyl (C=O) groups excluding carboxylic acids is 1. The molecule has 1 aliphatic rings. The predicted molar refractivity (Wildman–Crippen MR) is 51.1 cm³/mol. The number of esters is 1. The maximum atomic E-state index is 11.2. The summed E-state index contributed by atoms with van der Waals surface area (Å²) in [6.07, 6.45) is 3.85. The molecule has 0 aromatic heterocycles. The van der Waals surface area contributed by atoms with Crippen LogP contribution < -0.4 is 0 Å². The van der Waals surface area contributed by atoms with Crippen molar-refractivity contribution >= 4 is 5.97 Å². The van der Waals surface area contributed by atoms with Crippen LogP contribution in [-0.2, 0) is 9.53 Å². The van der Waals surface area contributed by atoms with Crippen molar-refractivity contribution in [3.63, 3.8) is 0 Å². The average Bonchev–Trinajstić information content (AvgIpc) is 2.66. The Bertz CT molecular complexity index is 272. The molecule has 0 radical (unpaired) electrons. The van der Waals surface area contributed by atoms with Gasteiger partial charge in [-0.05, 0) is 19.8 Å². The standard InChI is InChI=1S/C10H14N2O2/c1-2-14-10(13)9(7-11)8-12-5-3-4-6-12/h8H,2-6H2,1H3/b9-8-. The Kier molecular flexibility index (Phi) is 3.99. The largest absolute Gasteiger partial charge is 0.462 e. The molecule has 0 aromatic carbocycles. The van der Waals surface area contributed by atoms with Crippen molar-refractivity contribution in [2.75, 3.05) is 19.7 Å². The fraction of sp³-hybridized carbons (Fsp3) is 0.600. The highest BCUT2D eigenvalue weighted by Gasteiger charge is 2.14. The topological polar surface area (TPSA) is 53.3 Å². The molecule has 76 valence electrons. The Morgan fingerprint density at radius 2 is 2.21 bits per heavy atom. The van der Waals surface area contributed by atoms with Crippen LogP contribution >= 0.6 is 0 Å². The second-order valence-electron chi connectivity index (χ2n) is 3.12. The van der Waals surface area contributed by atoms with Crippen LogP contribution in [0.15, 0.2) is 11.8 Å². The van der Waals surface area contributed by atoms with Gasteiger partial charge in [-0.15, -0.1) is 0 Å². The first kappa shape index (κ1) is 10.6. The third-order valence-electron chi connectivity index (χ3n) is 2.07. The molecule has 1 heterocycles. The molecule has 1 fully saturated rings. The lowest BCUT2D eigenvalue weighted by Crippen LogP contribution is -2.15. The predicted octanol–water partition coefficient (Wildman–Crippen LogP) is 1.05. The van der Waals surface area contributed by atoms with E-state index >= 15 is 0 Å². The Morgan fingerprint density at radius 3 is 2.71 bits per heavy atom. The van der Waals surface area contributed by atoms with Gasteiger partial charge in [-0.2, -0.15) is 5.26 Å². The minimum absolute atomic E-state index is 0.0914. The zero-order chi connectivity index (χ0) is 10.4. The smallest absolute Gasteiger partial charge is 0.350 e. The van der Waals surface area contributed by atoms with E-state index in [-0.39, 0.29) is 5.57 Å². The SMILES string of the molecule is CCOC(=O)/C(C#N)=C\N1CCCC1. The van der Waals surface area contributed by atoms with Crippen molar-refractivity contribution in [1.29, 1.82) is 5.26 Å². The highest BCUT2D eigenvalue weighted by molar-refractivity contribution is 5.92. The third-order valence-corrected chi connectivity index (χ3v) is 2.07. The molecule has 0 atom stereocenters. The summed E-state index contributed by atoms with van der Waals surface area (Å²) >= 11 is 0. The van der Waals surface area contributed by atoms with Gasteiger partial charge in [0.15, 0.2) is 5.57 Å². The zero-order valence-electron chi connectivity index (χ0n) is 8.32. The molecule has 0 aromatic rings. The number of ether oxygens (including phenoxy) is 1. The molecule has 0 amide bonds. The van der Waals surface area contributed by atoms with Gasteiger partial charge in [0.2, 0.25) is 0 Å². The molecule has 0 saturated carbocycles. The fourth-order valence-electron chi connectivity index (χ4n) is 1.39. The van der Waals surface area contributed by atoms with Gasteiger partial charge < -0.3 is 9.64 Å². The minimum atomic E-state index is -0.526. The van der Waals surface area contributed by atoms with Gasteiger partial charge in [0.1, 0.15) is 6.07 Å². The van der Waals surface area contributed by atoms with Crippen molar-refractivity contribution < 1.29 is 9.53 Å². The molecule has 0 unspecified atom stereocenters. The Balaban J connectivity index is 2.60. The summed E-state index contributed by atoms with van der Waals surface area (Å²) in [5, 5.41) is 8.74. The number of nitriles is 1. The molecule has 0 spiro atoms.